The number of nitrogens with two attached hydrogens (primary N) is 1. The fourth-order valence-electron chi connectivity index (χ4n) is 4.53. The SMILES string of the molecule is Cc1ccc(CSc2nnc(N3C(N)=C(C#N)[C@H](c4ccc(Cl)cc4Cl)C4=C3CCCC4=O)s2)cc1. The number of hydrogen-bond donors (Lipinski definition) is 1. The predicted octanol–water partition coefficient (Wildman–Crippen LogP) is 6.75. The zero-order valence-electron chi connectivity index (χ0n) is 19.3. The van der Waals surface area contributed by atoms with Gasteiger partial charge in [0.05, 0.1) is 17.6 Å². The Morgan fingerprint density at radius 2 is 1.97 bits per heavy atom. The van der Waals surface area contributed by atoms with Gasteiger partial charge in [-0.25, -0.2) is 0 Å². The number of aromatic nitrogens is 2. The van der Waals surface area contributed by atoms with E-state index in [-0.39, 0.29) is 17.2 Å². The minimum Gasteiger partial charge on any atom is -0.384 e. The number of ketones is 1. The second-order valence-electron chi connectivity index (χ2n) is 8.61. The van der Waals surface area contributed by atoms with E-state index in [1.165, 1.54) is 22.5 Å². The van der Waals surface area contributed by atoms with E-state index in [4.69, 9.17) is 28.9 Å². The number of benzene rings is 2. The molecule has 2 heterocycles. The molecule has 0 saturated carbocycles. The average molecular weight is 555 g/mol. The number of nitriles is 1. The fourth-order valence-corrected chi connectivity index (χ4v) is 6.89. The van der Waals surface area contributed by atoms with E-state index in [2.05, 4.69) is 47.5 Å². The lowest BCUT2D eigenvalue weighted by Gasteiger charge is -2.38. The quantitative estimate of drug-likeness (QED) is 0.349. The molecule has 1 aliphatic heterocycles. The van der Waals surface area contributed by atoms with E-state index >= 15 is 0 Å². The van der Waals surface area contributed by atoms with E-state index in [1.54, 1.807) is 34.9 Å². The first-order valence-corrected chi connectivity index (χ1v) is 13.9. The van der Waals surface area contributed by atoms with Gasteiger partial charge in [0.1, 0.15) is 5.82 Å². The highest BCUT2D eigenvalue weighted by atomic mass is 35.5. The lowest BCUT2D eigenvalue weighted by Crippen LogP contribution is -2.38. The molecule has 1 atom stereocenters. The number of nitrogens with zero attached hydrogens (tertiary/aromatic N) is 4. The van der Waals surface area contributed by atoms with Crippen molar-refractivity contribution in [1.29, 1.82) is 5.26 Å². The van der Waals surface area contributed by atoms with E-state index < -0.39 is 5.92 Å². The van der Waals surface area contributed by atoms with Crippen molar-refractivity contribution in [2.45, 2.75) is 42.2 Å². The third-order valence-corrected chi connectivity index (χ3v) is 8.93. The molecule has 0 amide bonds. The van der Waals surface area contributed by atoms with Crippen molar-refractivity contribution in [3.8, 4) is 6.07 Å². The van der Waals surface area contributed by atoms with Crippen LogP contribution in [0.4, 0.5) is 5.13 Å². The Kier molecular flexibility index (Phi) is 7.09. The van der Waals surface area contributed by atoms with Crippen LogP contribution in [0.15, 0.2) is 69.5 Å². The molecule has 1 aliphatic carbocycles. The molecule has 182 valence electrons. The Bertz CT molecular complexity index is 1460. The Morgan fingerprint density at radius 1 is 1.19 bits per heavy atom. The minimum absolute atomic E-state index is 0.0176. The maximum Gasteiger partial charge on any atom is 0.219 e. The normalized spacial score (nSPS) is 17.9. The third-order valence-electron chi connectivity index (χ3n) is 6.26. The van der Waals surface area contributed by atoms with Gasteiger partial charge in [0.15, 0.2) is 10.1 Å². The molecule has 0 fully saturated rings. The van der Waals surface area contributed by atoms with Crippen LogP contribution in [0.25, 0.3) is 0 Å². The van der Waals surface area contributed by atoms with Crippen LogP contribution in [0.2, 0.25) is 10.0 Å². The summed E-state index contributed by atoms with van der Waals surface area (Å²) in [5.74, 6) is 0.332. The summed E-state index contributed by atoms with van der Waals surface area (Å²) in [6, 6.07) is 15.7. The number of anilines is 1. The van der Waals surface area contributed by atoms with Crippen LogP contribution >= 0.6 is 46.3 Å². The maximum atomic E-state index is 13.3. The molecular weight excluding hydrogens is 533 g/mol. The summed E-state index contributed by atoms with van der Waals surface area (Å²) >= 11 is 15.6. The topological polar surface area (TPSA) is 95.9 Å². The summed E-state index contributed by atoms with van der Waals surface area (Å²) in [4.78, 5) is 15.0. The van der Waals surface area contributed by atoms with Gasteiger partial charge in [-0.3, -0.25) is 9.69 Å². The molecule has 2 aromatic carbocycles. The molecule has 36 heavy (non-hydrogen) atoms. The summed E-state index contributed by atoms with van der Waals surface area (Å²) in [5, 5.41) is 20.3. The number of hydrogen-bond acceptors (Lipinski definition) is 8. The number of halogens is 2. The highest BCUT2D eigenvalue weighted by molar-refractivity contribution is 8.00. The van der Waals surface area contributed by atoms with Crippen LogP contribution in [0.3, 0.4) is 0 Å². The second kappa shape index (κ2) is 10.3. The molecular formula is C26H21Cl2N5OS2. The van der Waals surface area contributed by atoms with Gasteiger partial charge in [0.25, 0.3) is 0 Å². The van der Waals surface area contributed by atoms with Gasteiger partial charge >= 0.3 is 0 Å². The second-order valence-corrected chi connectivity index (χ2v) is 11.6. The highest BCUT2D eigenvalue weighted by Gasteiger charge is 2.42. The van der Waals surface area contributed by atoms with Crippen LogP contribution in [0.1, 0.15) is 41.9 Å². The largest absolute Gasteiger partial charge is 0.384 e. The predicted molar refractivity (Wildman–Crippen MR) is 145 cm³/mol. The van der Waals surface area contributed by atoms with Crippen LogP contribution in [-0.4, -0.2) is 16.0 Å². The zero-order valence-corrected chi connectivity index (χ0v) is 22.4. The van der Waals surface area contributed by atoms with Gasteiger partial charge in [-0.05, 0) is 43.0 Å². The molecule has 6 nitrogen and oxygen atoms in total. The van der Waals surface area contributed by atoms with Crippen LogP contribution in [0.5, 0.6) is 0 Å². The highest BCUT2D eigenvalue weighted by Crippen LogP contribution is 2.48. The number of carbonyl (C=O) groups is 1. The Hall–Kier alpha value is -2.83. The molecule has 1 aromatic heterocycles. The third kappa shape index (κ3) is 4.64. The lowest BCUT2D eigenvalue weighted by atomic mass is 9.76. The molecule has 5 rings (SSSR count). The first-order chi connectivity index (χ1) is 17.4. The Labute approximate surface area is 227 Å². The number of allylic oxidation sites excluding steroid dienone is 3. The van der Waals surface area contributed by atoms with Crippen molar-refractivity contribution in [2.75, 3.05) is 4.90 Å². The van der Waals surface area contributed by atoms with Gasteiger partial charge < -0.3 is 5.73 Å². The summed E-state index contributed by atoms with van der Waals surface area (Å²) in [6.45, 7) is 2.06. The number of Topliss-reactive ketones (excluding diaryl/α,β-unsaturated/α-hetero) is 1. The molecule has 3 aromatic rings. The van der Waals surface area contributed by atoms with Crippen molar-refractivity contribution in [2.24, 2.45) is 5.73 Å². The first-order valence-electron chi connectivity index (χ1n) is 11.3. The van der Waals surface area contributed by atoms with Crippen LogP contribution in [-0.2, 0) is 10.5 Å². The first kappa shape index (κ1) is 24.8. The van der Waals surface area contributed by atoms with Crippen molar-refractivity contribution in [3.05, 3.63) is 91.9 Å². The zero-order chi connectivity index (χ0) is 25.4. The molecule has 2 aliphatic rings. The lowest BCUT2D eigenvalue weighted by molar-refractivity contribution is -0.116. The van der Waals surface area contributed by atoms with Gasteiger partial charge in [-0.1, -0.05) is 82.2 Å². The Morgan fingerprint density at radius 3 is 2.69 bits per heavy atom. The van der Waals surface area contributed by atoms with Gasteiger partial charge in [0.2, 0.25) is 5.13 Å². The van der Waals surface area contributed by atoms with Crippen molar-refractivity contribution < 1.29 is 4.79 Å². The van der Waals surface area contributed by atoms with E-state index in [0.29, 0.717) is 45.6 Å². The number of aryl methyl sites for hydroxylation is 1. The molecule has 0 unspecified atom stereocenters. The van der Waals surface area contributed by atoms with E-state index in [1.807, 2.05) is 0 Å². The van der Waals surface area contributed by atoms with E-state index in [9.17, 15) is 10.1 Å². The number of carbonyl (C=O) groups excluding carboxylic acids is 1. The molecule has 10 heteroatoms. The molecule has 0 radical (unpaired) electrons. The van der Waals surface area contributed by atoms with Crippen molar-refractivity contribution in [3.63, 3.8) is 0 Å². The van der Waals surface area contributed by atoms with E-state index in [0.717, 1.165) is 15.8 Å². The molecule has 0 spiro atoms. The maximum absolute atomic E-state index is 13.3. The number of rotatable bonds is 5. The standard InChI is InChI=1S/C26H21Cl2N5OS2/c1-14-5-7-15(8-6-14)13-35-26-32-31-25(36-26)33-20-3-2-4-21(34)23(20)22(18(12-29)24(33)30)17-10-9-16(27)11-19(17)28/h5-11,22H,2-4,13,30H2,1H3/t22-/m0/s1. The molecule has 0 bridgehead atoms. The smallest absolute Gasteiger partial charge is 0.219 e. The fraction of sp³-hybridized carbons (Fsp3) is 0.231. The van der Waals surface area contributed by atoms with Crippen molar-refractivity contribution in [1.82, 2.24) is 10.2 Å². The summed E-state index contributed by atoms with van der Waals surface area (Å²) < 4.78 is 0.782. The van der Waals surface area contributed by atoms with Crippen LogP contribution in [0, 0.1) is 18.3 Å². The summed E-state index contributed by atoms with van der Waals surface area (Å²) in [5.41, 5.74) is 11.2. The Balaban J connectivity index is 1.53. The van der Waals surface area contributed by atoms with Crippen molar-refractivity contribution >= 4 is 57.2 Å². The summed E-state index contributed by atoms with van der Waals surface area (Å²) in [7, 11) is 0. The minimum atomic E-state index is -0.651. The monoisotopic (exact) mass is 553 g/mol. The summed E-state index contributed by atoms with van der Waals surface area (Å²) in [6.07, 6.45) is 1.73. The average Bonchev–Trinajstić information content (AvgIpc) is 3.32. The molecule has 0 saturated heterocycles. The number of thioether (sulfide) groups is 1. The van der Waals surface area contributed by atoms with Gasteiger partial charge in [-0.2, -0.15) is 5.26 Å². The van der Waals surface area contributed by atoms with Crippen LogP contribution < -0.4 is 10.6 Å². The van der Waals surface area contributed by atoms with Gasteiger partial charge in [0, 0.05) is 33.5 Å². The molecule has 2 N–H and O–H groups in total. The van der Waals surface area contributed by atoms with Gasteiger partial charge in [-0.15, -0.1) is 10.2 Å².